The molecule has 9 heteroatoms. The monoisotopic (exact) mass is 464 g/mol. The van der Waals surface area contributed by atoms with Crippen molar-refractivity contribution in [1.29, 1.82) is 0 Å². The number of anilines is 1. The summed E-state index contributed by atoms with van der Waals surface area (Å²) in [6.45, 7) is 0.335. The summed E-state index contributed by atoms with van der Waals surface area (Å²) in [5.74, 6) is -0.615. The van der Waals surface area contributed by atoms with Crippen LogP contribution in [0.25, 0.3) is 0 Å². The maximum atomic E-state index is 12.6. The Morgan fingerprint density at radius 1 is 1.12 bits per heavy atom. The molecule has 3 rings (SSSR count). The highest BCUT2D eigenvalue weighted by Crippen LogP contribution is 2.18. The zero-order valence-corrected chi connectivity index (χ0v) is 16.4. The first-order valence-corrected chi connectivity index (χ1v) is 8.87. The summed E-state index contributed by atoms with van der Waals surface area (Å²) in [6.07, 6.45) is 4.97. The van der Waals surface area contributed by atoms with Crippen LogP contribution in [0.5, 0.6) is 0 Å². The van der Waals surface area contributed by atoms with Gasteiger partial charge < -0.3 is 10.6 Å². The van der Waals surface area contributed by atoms with Gasteiger partial charge in [-0.2, -0.15) is 10.2 Å². The van der Waals surface area contributed by atoms with Crippen molar-refractivity contribution in [2.45, 2.75) is 6.54 Å². The van der Waals surface area contributed by atoms with Gasteiger partial charge in [-0.3, -0.25) is 19.0 Å². The molecule has 0 aliphatic heterocycles. The van der Waals surface area contributed by atoms with Gasteiger partial charge in [0.25, 0.3) is 11.8 Å². The first-order chi connectivity index (χ1) is 12.5. The molecule has 2 aromatic heterocycles. The van der Waals surface area contributed by atoms with Gasteiger partial charge >= 0.3 is 0 Å². The van der Waals surface area contributed by atoms with Crippen molar-refractivity contribution < 1.29 is 9.59 Å². The Bertz CT molecular complexity index is 962. The van der Waals surface area contributed by atoms with Crippen molar-refractivity contribution in [3.63, 3.8) is 0 Å². The largest absolute Gasteiger partial charge is 0.346 e. The zero-order chi connectivity index (χ0) is 18.7. The zero-order valence-electron chi connectivity index (χ0n) is 14.2. The van der Waals surface area contributed by atoms with Crippen LogP contribution in [-0.4, -0.2) is 31.4 Å². The number of rotatable bonds is 5. The summed E-state index contributed by atoms with van der Waals surface area (Å²) in [5, 5.41) is 13.7. The molecular weight excluding hydrogens is 447 g/mol. The van der Waals surface area contributed by atoms with E-state index in [1.165, 1.54) is 10.9 Å². The molecule has 2 N–H and O–H groups in total. The number of aryl methyl sites for hydroxylation is 2. The van der Waals surface area contributed by atoms with Crippen molar-refractivity contribution in [3.8, 4) is 0 Å². The number of amides is 2. The maximum Gasteiger partial charge on any atom is 0.271 e. The van der Waals surface area contributed by atoms with Crippen LogP contribution in [0.1, 0.15) is 26.4 Å². The van der Waals surface area contributed by atoms with Crippen LogP contribution in [0, 0.1) is 3.57 Å². The minimum Gasteiger partial charge on any atom is -0.346 e. The summed E-state index contributed by atoms with van der Waals surface area (Å²) in [7, 11) is 3.46. The first-order valence-electron chi connectivity index (χ1n) is 7.79. The fourth-order valence-electron chi connectivity index (χ4n) is 2.46. The van der Waals surface area contributed by atoms with E-state index in [1.54, 1.807) is 30.1 Å². The lowest BCUT2D eigenvalue weighted by molar-refractivity contribution is 0.0942. The Morgan fingerprint density at radius 3 is 2.58 bits per heavy atom. The van der Waals surface area contributed by atoms with Crippen molar-refractivity contribution in [3.05, 3.63) is 63.2 Å². The minimum atomic E-state index is -0.327. The van der Waals surface area contributed by atoms with E-state index in [0.717, 1.165) is 9.13 Å². The quantitative estimate of drug-likeness (QED) is 0.565. The van der Waals surface area contributed by atoms with Gasteiger partial charge in [0, 0.05) is 36.0 Å². The number of nitrogens with zero attached hydrogens (tertiary/aromatic N) is 4. The van der Waals surface area contributed by atoms with Crippen LogP contribution >= 0.6 is 22.6 Å². The summed E-state index contributed by atoms with van der Waals surface area (Å²) < 4.78 is 3.93. The average Bonchev–Trinajstić information content (AvgIpc) is 3.19. The molecule has 0 fully saturated rings. The Kier molecular flexibility index (Phi) is 5.35. The summed E-state index contributed by atoms with van der Waals surface area (Å²) in [6, 6.07) is 7.23. The fraction of sp³-hybridized carbons (Fsp3) is 0.176. The van der Waals surface area contributed by atoms with E-state index in [2.05, 4.69) is 43.4 Å². The molecule has 0 unspecified atom stereocenters. The van der Waals surface area contributed by atoms with Crippen molar-refractivity contribution in [1.82, 2.24) is 24.9 Å². The molecule has 134 valence electrons. The lowest BCUT2D eigenvalue weighted by atomic mass is 10.2. The number of nitrogens with one attached hydrogen (secondary N) is 2. The van der Waals surface area contributed by atoms with Crippen LogP contribution in [0.3, 0.4) is 0 Å². The van der Waals surface area contributed by atoms with Gasteiger partial charge in [-0.15, -0.1) is 0 Å². The smallest absolute Gasteiger partial charge is 0.271 e. The topological polar surface area (TPSA) is 93.8 Å². The first kappa shape index (κ1) is 18.1. The number of carbonyl (C=O) groups excluding carboxylic acids is 2. The third-order valence-corrected chi connectivity index (χ3v) is 4.67. The molecule has 8 nitrogen and oxygen atoms in total. The van der Waals surface area contributed by atoms with Crippen molar-refractivity contribution in [2.75, 3.05) is 5.32 Å². The molecule has 0 aliphatic carbocycles. The molecular formula is C17H17IN6O2. The highest BCUT2D eigenvalue weighted by molar-refractivity contribution is 14.1. The Balaban J connectivity index is 1.75. The standard InChI is InChI=1S/C17H17IN6O2/c1-23-10-11(8-20-23)7-19-17(26)15-14(9-21-24(15)2)22-16(25)12-5-3-4-6-13(12)18/h3-6,8-10H,7H2,1-2H3,(H,19,26)(H,22,25). The molecule has 0 saturated heterocycles. The lowest BCUT2D eigenvalue weighted by Crippen LogP contribution is -2.26. The number of carbonyl (C=O) groups is 2. The number of hydrogen-bond donors (Lipinski definition) is 2. The van der Waals surface area contributed by atoms with Crippen LogP contribution in [0.2, 0.25) is 0 Å². The third kappa shape index (κ3) is 3.93. The van der Waals surface area contributed by atoms with Gasteiger partial charge in [0.15, 0.2) is 0 Å². The van der Waals surface area contributed by atoms with E-state index in [4.69, 9.17) is 0 Å². The van der Waals surface area contributed by atoms with E-state index in [-0.39, 0.29) is 17.5 Å². The molecule has 3 aromatic rings. The Hall–Kier alpha value is -2.69. The summed E-state index contributed by atoms with van der Waals surface area (Å²) in [4.78, 5) is 25.1. The predicted molar refractivity (Wildman–Crippen MR) is 105 cm³/mol. The Morgan fingerprint density at radius 2 is 1.88 bits per heavy atom. The predicted octanol–water partition coefficient (Wildman–Crippen LogP) is 1.94. The second-order valence-corrected chi connectivity index (χ2v) is 6.83. The van der Waals surface area contributed by atoms with Crippen LogP contribution < -0.4 is 10.6 Å². The number of benzene rings is 1. The molecule has 0 bridgehead atoms. The van der Waals surface area contributed by atoms with E-state index in [1.807, 2.05) is 25.4 Å². The van der Waals surface area contributed by atoms with Crippen LogP contribution in [-0.2, 0) is 20.6 Å². The van der Waals surface area contributed by atoms with Crippen molar-refractivity contribution >= 4 is 40.1 Å². The van der Waals surface area contributed by atoms with Crippen LogP contribution in [0.15, 0.2) is 42.9 Å². The second kappa shape index (κ2) is 7.68. The van der Waals surface area contributed by atoms with Gasteiger partial charge in [-0.1, -0.05) is 12.1 Å². The van der Waals surface area contributed by atoms with Gasteiger partial charge in [-0.25, -0.2) is 0 Å². The van der Waals surface area contributed by atoms with Crippen LogP contribution in [0.4, 0.5) is 5.69 Å². The van der Waals surface area contributed by atoms with Gasteiger partial charge in [-0.05, 0) is 34.7 Å². The number of hydrogen-bond acceptors (Lipinski definition) is 4. The molecule has 0 radical (unpaired) electrons. The maximum absolute atomic E-state index is 12.6. The molecule has 1 aromatic carbocycles. The van der Waals surface area contributed by atoms with Gasteiger partial charge in [0.2, 0.25) is 0 Å². The summed E-state index contributed by atoms with van der Waals surface area (Å²) >= 11 is 2.10. The third-order valence-electron chi connectivity index (χ3n) is 3.73. The van der Waals surface area contributed by atoms with E-state index in [9.17, 15) is 9.59 Å². The molecule has 0 atom stereocenters. The lowest BCUT2D eigenvalue weighted by Gasteiger charge is -2.09. The van der Waals surface area contributed by atoms with E-state index in [0.29, 0.717) is 17.8 Å². The second-order valence-electron chi connectivity index (χ2n) is 5.67. The van der Waals surface area contributed by atoms with E-state index < -0.39 is 0 Å². The van der Waals surface area contributed by atoms with Crippen molar-refractivity contribution in [2.24, 2.45) is 14.1 Å². The van der Waals surface area contributed by atoms with Gasteiger partial charge in [0.1, 0.15) is 5.69 Å². The molecule has 0 aliphatic rings. The number of halogens is 1. The highest BCUT2D eigenvalue weighted by atomic mass is 127. The molecule has 0 saturated carbocycles. The minimum absolute atomic E-state index is 0.285. The van der Waals surface area contributed by atoms with Gasteiger partial charge in [0.05, 0.1) is 23.6 Å². The average molecular weight is 464 g/mol. The molecule has 0 spiro atoms. The Labute approximate surface area is 163 Å². The fourth-order valence-corrected chi connectivity index (χ4v) is 3.09. The SMILES string of the molecule is Cn1cc(CNC(=O)c2c(NC(=O)c3ccccc3I)cnn2C)cn1. The highest BCUT2D eigenvalue weighted by Gasteiger charge is 2.20. The molecule has 2 amide bonds. The summed E-state index contributed by atoms with van der Waals surface area (Å²) in [5.41, 5.74) is 2.07. The number of aromatic nitrogens is 4. The normalized spacial score (nSPS) is 10.6. The molecule has 2 heterocycles. The molecule has 26 heavy (non-hydrogen) atoms. The van der Waals surface area contributed by atoms with E-state index >= 15 is 0 Å².